The van der Waals surface area contributed by atoms with E-state index in [4.69, 9.17) is 16.2 Å². The van der Waals surface area contributed by atoms with E-state index in [1.807, 2.05) is 6.07 Å². The largest absolute Gasteiger partial charge is 0.480 e. The number of nitrogen functional groups attached to an aromatic ring is 2. The minimum Gasteiger partial charge on any atom is -0.480 e. The second-order valence-corrected chi connectivity index (χ2v) is 6.12. The Morgan fingerprint density at radius 2 is 1.96 bits per heavy atom. The van der Waals surface area contributed by atoms with Crippen LogP contribution in [-0.2, 0) is 0 Å². The van der Waals surface area contributed by atoms with Gasteiger partial charge >= 0.3 is 0 Å². The molecule has 0 saturated carbocycles. The number of rotatable bonds is 4. The van der Waals surface area contributed by atoms with Gasteiger partial charge in [-0.2, -0.15) is 4.98 Å². The molecule has 0 radical (unpaired) electrons. The summed E-state index contributed by atoms with van der Waals surface area (Å²) in [6.45, 7) is 5.91. The van der Waals surface area contributed by atoms with E-state index >= 15 is 0 Å². The molecule has 0 unspecified atom stereocenters. The van der Waals surface area contributed by atoms with Crippen LogP contribution in [0.15, 0.2) is 22.1 Å². The van der Waals surface area contributed by atoms with Gasteiger partial charge < -0.3 is 16.2 Å². The average molecular weight is 329 g/mol. The number of ether oxygens (including phenoxy) is 1. The van der Waals surface area contributed by atoms with Crippen LogP contribution in [0.5, 0.6) is 5.88 Å². The zero-order valence-corrected chi connectivity index (χ0v) is 14.4. The number of aromatic nitrogens is 3. The third-order valence-electron chi connectivity index (χ3n) is 3.00. The van der Waals surface area contributed by atoms with Crippen molar-refractivity contribution in [2.75, 3.05) is 18.6 Å². The fourth-order valence-electron chi connectivity index (χ4n) is 1.96. The summed E-state index contributed by atoms with van der Waals surface area (Å²) in [4.78, 5) is 14.3. The van der Waals surface area contributed by atoms with Gasteiger partial charge in [0, 0.05) is 11.1 Å². The van der Waals surface area contributed by atoms with Crippen LogP contribution in [0.4, 0.5) is 11.8 Å². The topological polar surface area (TPSA) is 99.9 Å². The van der Waals surface area contributed by atoms with E-state index in [9.17, 15) is 0 Å². The molecule has 0 atom stereocenters. The molecule has 0 bridgehead atoms. The summed E-state index contributed by atoms with van der Waals surface area (Å²) in [7, 11) is 1.59. The lowest BCUT2D eigenvalue weighted by atomic mass is 10.1. The Labute approximate surface area is 140 Å². The van der Waals surface area contributed by atoms with Crippen LogP contribution in [-0.4, -0.2) is 22.1 Å². The monoisotopic (exact) mass is 329 g/mol. The van der Waals surface area contributed by atoms with E-state index in [2.05, 4.69) is 40.6 Å². The highest BCUT2D eigenvalue weighted by molar-refractivity contribution is 7.99. The summed E-state index contributed by atoms with van der Waals surface area (Å²) in [6.07, 6.45) is 1.61. The molecule has 2 aromatic heterocycles. The van der Waals surface area contributed by atoms with Crippen molar-refractivity contribution in [3.63, 3.8) is 0 Å². The van der Waals surface area contributed by atoms with Gasteiger partial charge in [-0.05, 0) is 18.9 Å². The molecular weight excluding hydrogens is 310 g/mol. The van der Waals surface area contributed by atoms with Gasteiger partial charge in [0.15, 0.2) is 0 Å². The van der Waals surface area contributed by atoms with Crippen molar-refractivity contribution in [3.05, 3.63) is 23.5 Å². The fraction of sp³-hybridized carbons (Fsp3) is 0.312. The lowest BCUT2D eigenvalue weighted by molar-refractivity contribution is 0.393. The number of hydrogen-bond acceptors (Lipinski definition) is 7. The van der Waals surface area contributed by atoms with E-state index in [0.29, 0.717) is 11.7 Å². The van der Waals surface area contributed by atoms with Crippen molar-refractivity contribution >= 4 is 23.5 Å². The molecule has 23 heavy (non-hydrogen) atoms. The molecule has 0 aliphatic carbocycles. The summed E-state index contributed by atoms with van der Waals surface area (Å²) in [5.41, 5.74) is 13.1. The van der Waals surface area contributed by atoms with Gasteiger partial charge in [-0.15, -0.1) is 5.92 Å². The molecule has 4 N–H and O–H groups in total. The predicted molar refractivity (Wildman–Crippen MR) is 92.4 cm³/mol. The van der Waals surface area contributed by atoms with Crippen LogP contribution in [0, 0.1) is 11.8 Å². The van der Waals surface area contributed by atoms with Gasteiger partial charge in [0.25, 0.3) is 0 Å². The van der Waals surface area contributed by atoms with Gasteiger partial charge in [0.2, 0.25) is 11.8 Å². The molecule has 7 heteroatoms. The Kier molecular flexibility index (Phi) is 5.29. The average Bonchev–Trinajstić information content (AvgIpc) is 2.50. The highest BCUT2D eigenvalue weighted by Gasteiger charge is 2.16. The van der Waals surface area contributed by atoms with Crippen molar-refractivity contribution in [3.8, 4) is 17.7 Å². The number of anilines is 2. The Bertz CT molecular complexity index is 780. The lowest BCUT2D eigenvalue weighted by Crippen LogP contribution is -2.03. The van der Waals surface area contributed by atoms with Crippen molar-refractivity contribution in [1.82, 2.24) is 15.0 Å². The lowest BCUT2D eigenvalue weighted by Gasteiger charge is -2.15. The van der Waals surface area contributed by atoms with E-state index in [-0.39, 0.29) is 11.9 Å². The number of nitrogens with two attached hydrogens (primary N) is 2. The molecule has 2 aromatic rings. The Morgan fingerprint density at radius 1 is 1.22 bits per heavy atom. The number of hydrogen-bond donors (Lipinski definition) is 2. The van der Waals surface area contributed by atoms with Crippen LogP contribution in [0.25, 0.3) is 0 Å². The van der Waals surface area contributed by atoms with Gasteiger partial charge in [0.05, 0.1) is 23.3 Å². The molecule has 2 rings (SSSR count). The molecule has 0 fully saturated rings. The van der Waals surface area contributed by atoms with Crippen molar-refractivity contribution in [2.45, 2.75) is 36.5 Å². The zero-order chi connectivity index (χ0) is 17.0. The van der Waals surface area contributed by atoms with Crippen LogP contribution in [0.3, 0.4) is 0 Å². The molecule has 0 aromatic carbocycles. The predicted octanol–water partition coefficient (Wildman–Crippen LogP) is 2.69. The van der Waals surface area contributed by atoms with Crippen LogP contribution in [0.1, 0.15) is 37.9 Å². The molecule has 120 valence electrons. The Balaban J connectivity index is 2.54. The quantitative estimate of drug-likeness (QED) is 0.832. The molecule has 2 heterocycles. The second kappa shape index (κ2) is 7.20. The highest BCUT2D eigenvalue weighted by atomic mass is 32.2. The molecule has 0 spiro atoms. The van der Waals surface area contributed by atoms with Gasteiger partial charge in [0.1, 0.15) is 5.82 Å². The molecule has 0 aliphatic rings. The summed E-state index contributed by atoms with van der Waals surface area (Å²) in [5, 5.41) is 0. The first-order valence-electron chi connectivity index (χ1n) is 7.03. The van der Waals surface area contributed by atoms with Crippen molar-refractivity contribution in [1.29, 1.82) is 0 Å². The first-order chi connectivity index (χ1) is 11.0. The normalized spacial score (nSPS) is 10.3. The maximum Gasteiger partial charge on any atom is 0.229 e. The van der Waals surface area contributed by atoms with Gasteiger partial charge in [-0.25, -0.2) is 9.97 Å². The minimum atomic E-state index is 0.154. The standard InChI is InChI=1S/C16H19N5OS/c1-5-6-10-7-11(13(9(2)3)20-15(10)22-4)23-12-8-19-16(18)21-14(12)17/h7-9H,1-4H3,(H4,17,18,19,21). The maximum atomic E-state index is 5.92. The summed E-state index contributed by atoms with van der Waals surface area (Å²) < 4.78 is 5.34. The van der Waals surface area contributed by atoms with Gasteiger partial charge in [-0.3, -0.25) is 0 Å². The Hall–Kier alpha value is -2.46. The van der Waals surface area contributed by atoms with E-state index < -0.39 is 0 Å². The third kappa shape index (κ3) is 3.85. The molecule has 0 amide bonds. The smallest absolute Gasteiger partial charge is 0.229 e. The minimum absolute atomic E-state index is 0.154. The van der Waals surface area contributed by atoms with E-state index in [1.165, 1.54) is 11.8 Å². The van der Waals surface area contributed by atoms with Crippen LogP contribution < -0.4 is 16.2 Å². The highest BCUT2D eigenvalue weighted by Crippen LogP contribution is 2.37. The molecule has 0 saturated heterocycles. The zero-order valence-electron chi connectivity index (χ0n) is 13.5. The third-order valence-corrected chi connectivity index (χ3v) is 4.08. The maximum absolute atomic E-state index is 5.92. The first-order valence-corrected chi connectivity index (χ1v) is 7.85. The van der Waals surface area contributed by atoms with Crippen LogP contribution >= 0.6 is 11.8 Å². The number of methoxy groups -OCH3 is 1. The molecule has 0 aliphatic heterocycles. The Morgan fingerprint density at radius 3 is 2.52 bits per heavy atom. The second-order valence-electron chi connectivity index (χ2n) is 5.04. The molecular formula is C16H19N5OS. The van der Waals surface area contributed by atoms with Gasteiger partial charge in [-0.1, -0.05) is 31.5 Å². The van der Waals surface area contributed by atoms with Crippen molar-refractivity contribution in [2.24, 2.45) is 0 Å². The number of pyridine rings is 1. The summed E-state index contributed by atoms with van der Waals surface area (Å²) in [6, 6.07) is 1.96. The van der Waals surface area contributed by atoms with E-state index in [1.54, 1.807) is 20.2 Å². The number of nitrogens with zero attached hydrogens (tertiary/aromatic N) is 3. The first kappa shape index (κ1) is 16.9. The van der Waals surface area contributed by atoms with Crippen molar-refractivity contribution < 1.29 is 4.74 Å². The summed E-state index contributed by atoms with van der Waals surface area (Å²) >= 11 is 1.45. The molecule has 6 nitrogen and oxygen atoms in total. The fourth-order valence-corrected chi connectivity index (χ4v) is 3.02. The van der Waals surface area contributed by atoms with Crippen LogP contribution in [0.2, 0.25) is 0 Å². The SMILES string of the molecule is CC#Cc1cc(Sc2cnc(N)nc2N)c(C(C)C)nc1OC. The van der Waals surface area contributed by atoms with E-state index in [0.717, 1.165) is 21.0 Å². The summed E-state index contributed by atoms with van der Waals surface area (Å²) in [5.74, 6) is 7.12.